The molecule has 1 unspecified atom stereocenters. The molecule has 1 heterocycles. The number of aliphatic hydroxyl groups is 1. The van der Waals surface area contributed by atoms with Crippen LogP contribution >= 0.6 is 11.6 Å². The summed E-state index contributed by atoms with van der Waals surface area (Å²) < 4.78 is 0. The van der Waals surface area contributed by atoms with Gasteiger partial charge in [0, 0.05) is 18.8 Å². The van der Waals surface area contributed by atoms with E-state index in [1.54, 1.807) is 0 Å². The zero-order chi connectivity index (χ0) is 12.8. The van der Waals surface area contributed by atoms with E-state index in [2.05, 4.69) is 10.3 Å². The summed E-state index contributed by atoms with van der Waals surface area (Å²) in [5.41, 5.74) is 0.0167. The third-order valence-corrected chi connectivity index (χ3v) is 2.81. The van der Waals surface area contributed by atoms with E-state index in [4.69, 9.17) is 21.8 Å². The summed E-state index contributed by atoms with van der Waals surface area (Å²) in [6.07, 6.45) is 2.74. The maximum Gasteiger partial charge on any atom is 0.337 e. The molecule has 5 nitrogen and oxygen atoms in total. The molecule has 1 atom stereocenters. The number of halogens is 1. The van der Waals surface area contributed by atoms with Crippen LogP contribution in [0.5, 0.6) is 0 Å². The average Bonchev–Trinajstić information content (AvgIpc) is 2.30. The summed E-state index contributed by atoms with van der Waals surface area (Å²) >= 11 is 5.94. The number of nitrogens with zero attached hydrogens (tertiary/aromatic N) is 1. The summed E-state index contributed by atoms with van der Waals surface area (Å²) in [5.74, 6) is -0.748. The largest absolute Gasteiger partial charge is 0.478 e. The summed E-state index contributed by atoms with van der Waals surface area (Å²) in [5, 5.41) is 20.9. The van der Waals surface area contributed by atoms with E-state index >= 15 is 0 Å². The molecule has 1 rings (SSSR count). The third kappa shape index (κ3) is 3.57. The SMILES string of the molecule is CCC(CCO)Nc1nccc(C(=O)O)c1Cl. The van der Waals surface area contributed by atoms with Gasteiger partial charge in [-0.2, -0.15) is 0 Å². The van der Waals surface area contributed by atoms with Crippen molar-refractivity contribution in [3.63, 3.8) is 0 Å². The molecule has 0 bridgehead atoms. The van der Waals surface area contributed by atoms with Gasteiger partial charge in [0.25, 0.3) is 0 Å². The molecule has 3 N–H and O–H groups in total. The summed E-state index contributed by atoms with van der Waals surface area (Å²) in [6, 6.07) is 1.37. The van der Waals surface area contributed by atoms with Gasteiger partial charge in [0.2, 0.25) is 0 Å². The second-order valence-electron chi connectivity index (χ2n) is 3.59. The fourth-order valence-electron chi connectivity index (χ4n) is 1.44. The van der Waals surface area contributed by atoms with Gasteiger partial charge in [-0.3, -0.25) is 0 Å². The first-order valence-electron chi connectivity index (χ1n) is 5.35. The van der Waals surface area contributed by atoms with E-state index in [-0.39, 0.29) is 23.2 Å². The minimum Gasteiger partial charge on any atom is -0.478 e. The van der Waals surface area contributed by atoms with Crippen LogP contribution in [0.2, 0.25) is 5.02 Å². The average molecular weight is 259 g/mol. The second-order valence-corrected chi connectivity index (χ2v) is 3.97. The Hall–Kier alpha value is -1.33. The van der Waals surface area contributed by atoms with Crippen LogP contribution < -0.4 is 5.32 Å². The van der Waals surface area contributed by atoms with Crippen LogP contribution in [0, 0.1) is 0 Å². The Bertz CT molecular complexity index is 398. The molecule has 0 aliphatic carbocycles. The standard InChI is InChI=1S/C11H15ClN2O3/c1-2-7(4-6-15)14-10-9(12)8(11(16)17)3-5-13-10/h3,5,7,15H,2,4,6H2,1H3,(H,13,14)(H,16,17). The van der Waals surface area contributed by atoms with Crippen LogP contribution in [0.1, 0.15) is 30.1 Å². The summed E-state index contributed by atoms with van der Waals surface area (Å²) in [6.45, 7) is 2.02. The van der Waals surface area contributed by atoms with E-state index in [0.717, 1.165) is 6.42 Å². The van der Waals surface area contributed by atoms with E-state index in [9.17, 15) is 4.79 Å². The zero-order valence-electron chi connectivity index (χ0n) is 9.48. The molecule has 1 aromatic rings. The maximum atomic E-state index is 10.9. The van der Waals surface area contributed by atoms with Crippen LogP contribution in [0.15, 0.2) is 12.3 Å². The number of carboxylic acid groups (broad SMARTS) is 1. The van der Waals surface area contributed by atoms with Crippen LogP contribution in [0.3, 0.4) is 0 Å². The summed E-state index contributed by atoms with van der Waals surface area (Å²) in [7, 11) is 0. The predicted molar refractivity (Wildman–Crippen MR) is 65.6 cm³/mol. The number of aromatic nitrogens is 1. The third-order valence-electron chi connectivity index (χ3n) is 2.43. The lowest BCUT2D eigenvalue weighted by molar-refractivity contribution is 0.0697. The molecule has 0 saturated heterocycles. The Balaban J connectivity index is 2.91. The molecule has 94 valence electrons. The molecule has 0 fully saturated rings. The first kappa shape index (κ1) is 13.7. The number of carboxylic acids is 1. The predicted octanol–water partition coefficient (Wildman–Crippen LogP) is 2.01. The number of rotatable bonds is 6. The molecule has 6 heteroatoms. The molecular formula is C11H15ClN2O3. The van der Waals surface area contributed by atoms with Crippen molar-refractivity contribution < 1.29 is 15.0 Å². The molecule has 0 aromatic carbocycles. The summed E-state index contributed by atoms with van der Waals surface area (Å²) in [4.78, 5) is 14.9. The lowest BCUT2D eigenvalue weighted by Crippen LogP contribution is -2.21. The van der Waals surface area contributed by atoms with Crippen LogP contribution in [-0.4, -0.2) is 33.8 Å². The quantitative estimate of drug-likeness (QED) is 0.727. The molecule has 0 spiro atoms. The number of hydrogen-bond donors (Lipinski definition) is 3. The smallest absolute Gasteiger partial charge is 0.337 e. The van der Waals surface area contributed by atoms with Gasteiger partial charge in [0.05, 0.1) is 10.6 Å². The van der Waals surface area contributed by atoms with Crippen molar-refractivity contribution in [2.45, 2.75) is 25.8 Å². The number of pyridine rings is 1. The molecule has 0 aliphatic rings. The molecule has 1 aromatic heterocycles. The van der Waals surface area contributed by atoms with Gasteiger partial charge in [0.1, 0.15) is 5.82 Å². The van der Waals surface area contributed by atoms with Crippen molar-refractivity contribution in [1.29, 1.82) is 0 Å². The van der Waals surface area contributed by atoms with Crippen molar-refractivity contribution in [3.05, 3.63) is 22.8 Å². The van der Waals surface area contributed by atoms with Crippen LogP contribution in [0.4, 0.5) is 5.82 Å². The highest BCUT2D eigenvalue weighted by molar-refractivity contribution is 6.35. The van der Waals surface area contributed by atoms with Gasteiger partial charge in [-0.05, 0) is 18.9 Å². The van der Waals surface area contributed by atoms with Crippen molar-refractivity contribution >= 4 is 23.4 Å². The van der Waals surface area contributed by atoms with Crippen molar-refractivity contribution in [3.8, 4) is 0 Å². The topological polar surface area (TPSA) is 82.5 Å². The normalized spacial score (nSPS) is 12.2. The van der Waals surface area contributed by atoms with E-state index in [0.29, 0.717) is 12.2 Å². The Morgan fingerprint density at radius 1 is 1.65 bits per heavy atom. The fraction of sp³-hybridized carbons (Fsp3) is 0.455. The molecule has 0 amide bonds. The van der Waals surface area contributed by atoms with Crippen LogP contribution in [0.25, 0.3) is 0 Å². The Kier molecular flexibility index (Phi) is 5.18. The maximum absolute atomic E-state index is 10.9. The van der Waals surface area contributed by atoms with Gasteiger partial charge in [-0.25, -0.2) is 9.78 Å². The lowest BCUT2D eigenvalue weighted by Gasteiger charge is -2.17. The highest BCUT2D eigenvalue weighted by Crippen LogP contribution is 2.24. The monoisotopic (exact) mass is 258 g/mol. The fourth-order valence-corrected chi connectivity index (χ4v) is 1.68. The van der Waals surface area contributed by atoms with Gasteiger partial charge >= 0.3 is 5.97 Å². The number of anilines is 1. The molecular weight excluding hydrogens is 244 g/mol. The van der Waals surface area contributed by atoms with Crippen molar-refractivity contribution in [2.75, 3.05) is 11.9 Å². The molecule has 0 aliphatic heterocycles. The molecule has 17 heavy (non-hydrogen) atoms. The Morgan fingerprint density at radius 2 is 2.35 bits per heavy atom. The van der Waals surface area contributed by atoms with Gasteiger partial charge in [0.15, 0.2) is 0 Å². The minimum absolute atomic E-state index is 0.0167. The Labute approximate surface area is 104 Å². The number of hydrogen-bond acceptors (Lipinski definition) is 4. The highest BCUT2D eigenvalue weighted by Gasteiger charge is 2.15. The van der Waals surface area contributed by atoms with Gasteiger partial charge in [-0.1, -0.05) is 18.5 Å². The van der Waals surface area contributed by atoms with E-state index in [1.807, 2.05) is 6.92 Å². The number of nitrogens with one attached hydrogen (secondary N) is 1. The Morgan fingerprint density at radius 3 is 2.88 bits per heavy atom. The van der Waals surface area contributed by atoms with Crippen LogP contribution in [-0.2, 0) is 0 Å². The highest BCUT2D eigenvalue weighted by atomic mass is 35.5. The zero-order valence-corrected chi connectivity index (χ0v) is 10.2. The molecule has 0 radical (unpaired) electrons. The van der Waals surface area contributed by atoms with Crippen molar-refractivity contribution in [2.24, 2.45) is 0 Å². The minimum atomic E-state index is -1.09. The van der Waals surface area contributed by atoms with E-state index in [1.165, 1.54) is 12.3 Å². The second kappa shape index (κ2) is 6.42. The lowest BCUT2D eigenvalue weighted by atomic mass is 10.1. The molecule has 0 saturated carbocycles. The van der Waals surface area contributed by atoms with Gasteiger partial charge < -0.3 is 15.5 Å². The van der Waals surface area contributed by atoms with E-state index < -0.39 is 5.97 Å². The number of carbonyl (C=O) groups is 1. The first-order valence-corrected chi connectivity index (χ1v) is 5.73. The number of aliphatic hydroxyl groups excluding tert-OH is 1. The first-order chi connectivity index (χ1) is 8.10. The van der Waals surface area contributed by atoms with Gasteiger partial charge in [-0.15, -0.1) is 0 Å². The van der Waals surface area contributed by atoms with Crippen molar-refractivity contribution in [1.82, 2.24) is 4.98 Å². The number of aromatic carboxylic acids is 1.